The molecule has 0 spiro atoms. The fraction of sp³-hybridized carbons (Fsp3) is 0.500. The number of hydrogen-bond acceptors (Lipinski definition) is 4. The molecule has 0 aromatic rings. The predicted molar refractivity (Wildman–Crippen MR) is 43.8 cm³/mol. The van der Waals surface area contributed by atoms with Crippen LogP contribution >= 0.6 is 23.2 Å². The van der Waals surface area contributed by atoms with Crippen molar-refractivity contribution in [2.24, 2.45) is 0 Å². The maximum absolute atomic E-state index is 10.6. The van der Waals surface area contributed by atoms with Gasteiger partial charge < -0.3 is 14.9 Å². The maximum Gasteiger partial charge on any atom is 0.337 e. The summed E-state index contributed by atoms with van der Waals surface area (Å²) in [5, 5.41) is 17.0. The normalized spacial score (nSPS) is 12.0. The van der Waals surface area contributed by atoms with Crippen LogP contribution in [-0.4, -0.2) is 35.5 Å². The van der Waals surface area contributed by atoms with Gasteiger partial charge in [-0.05, 0) is 6.08 Å². The highest BCUT2D eigenvalue weighted by atomic mass is 35.5. The summed E-state index contributed by atoms with van der Waals surface area (Å²) in [4.78, 5) is 10.6. The monoisotopic (exact) mass is 214 g/mol. The van der Waals surface area contributed by atoms with Gasteiger partial charge in [0.15, 0.2) is 6.10 Å². The molecule has 0 amide bonds. The lowest BCUT2D eigenvalue weighted by molar-refractivity contribution is -0.154. The largest absolute Gasteiger partial charge is 0.459 e. The van der Waals surface area contributed by atoms with Crippen molar-refractivity contribution in [2.45, 2.75) is 6.10 Å². The number of hydrogen-bond donors (Lipinski definition) is 2. The third-order valence-electron chi connectivity index (χ3n) is 0.908. The minimum absolute atomic E-state index is 0.0266. The molecule has 6 heteroatoms. The zero-order valence-corrected chi connectivity index (χ0v) is 7.55. The molecule has 0 bridgehead atoms. The third-order valence-corrected chi connectivity index (χ3v) is 1.22. The molecule has 0 aliphatic carbocycles. The summed E-state index contributed by atoms with van der Waals surface area (Å²) in [6, 6.07) is 0. The van der Waals surface area contributed by atoms with Crippen molar-refractivity contribution in [3.8, 4) is 0 Å². The molecule has 0 aromatic carbocycles. The topological polar surface area (TPSA) is 66.8 Å². The van der Waals surface area contributed by atoms with Crippen LogP contribution in [0.15, 0.2) is 10.6 Å². The fourth-order valence-corrected chi connectivity index (χ4v) is 0.484. The zero-order valence-electron chi connectivity index (χ0n) is 6.04. The van der Waals surface area contributed by atoms with Gasteiger partial charge in [0, 0.05) is 0 Å². The van der Waals surface area contributed by atoms with E-state index in [4.69, 9.17) is 33.4 Å². The van der Waals surface area contributed by atoms with E-state index in [2.05, 4.69) is 4.74 Å². The molecule has 70 valence electrons. The van der Waals surface area contributed by atoms with Crippen LogP contribution in [0.25, 0.3) is 0 Å². The van der Waals surface area contributed by atoms with Crippen LogP contribution in [0.5, 0.6) is 0 Å². The van der Waals surface area contributed by atoms with Gasteiger partial charge in [-0.2, -0.15) is 0 Å². The van der Waals surface area contributed by atoms with Crippen molar-refractivity contribution >= 4 is 29.2 Å². The summed E-state index contributed by atoms with van der Waals surface area (Å²) < 4.78 is 4.38. The first-order chi connectivity index (χ1) is 5.57. The number of rotatable bonds is 4. The SMILES string of the molecule is O=C(OCC=C(Cl)Cl)C(O)CO. The Morgan fingerprint density at radius 1 is 1.58 bits per heavy atom. The molecule has 0 aliphatic rings. The van der Waals surface area contributed by atoms with Gasteiger partial charge in [-0.25, -0.2) is 4.79 Å². The van der Waals surface area contributed by atoms with E-state index in [9.17, 15) is 4.79 Å². The molecule has 0 aliphatic heterocycles. The van der Waals surface area contributed by atoms with Crippen LogP contribution in [0.2, 0.25) is 0 Å². The minimum Gasteiger partial charge on any atom is -0.459 e. The third kappa shape index (κ3) is 5.37. The van der Waals surface area contributed by atoms with Crippen LogP contribution in [-0.2, 0) is 9.53 Å². The minimum atomic E-state index is -1.51. The van der Waals surface area contributed by atoms with Crippen molar-refractivity contribution in [1.29, 1.82) is 0 Å². The maximum atomic E-state index is 10.6. The van der Waals surface area contributed by atoms with Gasteiger partial charge in [0.05, 0.1) is 6.61 Å². The summed E-state index contributed by atoms with van der Waals surface area (Å²) in [7, 11) is 0. The molecule has 12 heavy (non-hydrogen) atoms. The van der Waals surface area contributed by atoms with E-state index in [0.29, 0.717) is 0 Å². The van der Waals surface area contributed by atoms with E-state index in [-0.39, 0.29) is 11.1 Å². The van der Waals surface area contributed by atoms with Gasteiger partial charge in [0.2, 0.25) is 0 Å². The Bertz CT molecular complexity index is 176. The van der Waals surface area contributed by atoms with Crippen LogP contribution in [0.1, 0.15) is 0 Å². The molecular formula is C6H8Cl2O4. The number of esters is 1. The van der Waals surface area contributed by atoms with Gasteiger partial charge in [0.1, 0.15) is 11.1 Å². The number of halogens is 2. The first-order valence-corrected chi connectivity index (χ1v) is 3.80. The highest BCUT2D eigenvalue weighted by molar-refractivity contribution is 6.55. The predicted octanol–water partition coefficient (Wildman–Crippen LogP) is 0.202. The fourth-order valence-electron chi connectivity index (χ4n) is 0.358. The van der Waals surface area contributed by atoms with Crippen LogP contribution in [0, 0.1) is 0 Å². The molecule has 0 fully saturated rings. The molecule has 4 nitrogen and oxygen atoms in total. The number of ether oxygens (including phenoxy) is 1. The van der Waals surface area contributed by atoms with Crippen LogP contribution < -0.4 is 0 Å². The molecule has 2 N–H and O–H groups in total. The number of aliphatic hydroxyl groups is 2. The lowest BCUT2D eigenvalue weighted by atomic mass is 10.4. The Labute approximate surface area is 79.3 Å². The average Bonchev–Trinajstić information content (AvgIpc) is 2.02. The van der Waals surface area contributed by atoms with Gasteiger partial charge in [0.25, 0.3) is 0 Å². The van der Waals surface area contributed by atoms with Gasteiger partial charge >= 0.3 is 5.97 Å². The van der Waals surface area contributed by atoms with Crippen molar-refractivity contribution in [2.75, 3.05) is 13.2 Å². The van der Waals surface area contributed by atoms with Crippen LogP contribution in [0.4, 0.5) is 0 Å². The average molecular weight is 215 g/mol. The number of carbonyl (C=O) groups is 1. The molecule has 0 radical (unpaired) electrons. The van der Waals surface area contributed by atoms with Crippen molar-refractivity contribution in [3.05, 3.63) is 10.6 Å². The second-order valence-corrected chi connectivity index (χ2v) is 2.83. The van der Waals surface area contributed by atoms with Crippen LogP contribution in [0.3, 0.4) is 0 Å². The molecule has 0 saturated heterocycles. The smallest absolute Gasteiger partial charge is 0.337 e. The Morgan fingerprint density at radius 2 is 2.17 bits per heavy atom. The quantitative estimate of drug-likeness (QED) is 0.657. The summed E-state index contributed by atoms with van der Waals surface area (Å²) in [6.07, 6.45) is -0.266. The Balaban J connectivity index is 3.65. The summed E-state index contributed by atoms with van der Waals surface area (Å²) in [6.45, 7) is -0.796. The second-order valence-electron chi connectivity index (χ2n) is 1.82. The van der Waals surface area contributed by atoms with E-state index < -0.39 is 18.7 Å². The number of carbonyl (C=O) groups excluding carboxylic acids is 1. The van der Waals surface area contributed by atoms with Crippen molar-refractivity contribution in [3.63, 3.8) is 0 Å². The molecule has 1 atom stereocenters. The van der Waals surface area contributed by atoms with E-state index in [1.165, 1.54) is 6.08 Å². The van der Waals surface area contributed by atoms with E-state index in [0.717, 1.165) is 0 Å². The Hall–Kier alpha value is -0.290. The Kier molecular flexibility index (Phi) is 6.10. The van der Waals surface area contributed by atoms with Gasteiger partial charge in [-0.3, -0.25) is 0 Å². The van der Waals surface area contributed by atoms with Crippen molar-refractivity contribution in [1.82, 2.24) is 0 Å². The number of aliphatic hydroxyl groups excluding tert-OH is 2. The summed E-state index contributed by atoms with van der Waals surface area (Å²) >= 11 is 10.4. The van der Waals surface area contributed by atoms with E-state index in [1.807, 2.05) is 0 Å². The summed E-state index contributed by atoms with van der Waals surface area (Å²) in [5.41, 5.74) is 0. The second kappa shape index (κ2) is 6.25. The first kappa shape index (κ1) is 11.7. The van der Waals surface area contributed by atoms with Crippen molar-refractivity contribution < 1.29 is 19.7 Å². The molecule has 0 rings (SSSR count). The molecule has 0 heterocycles. The van der Waals surface area contributed by atoms with Gasteiger partial charge in [-0.1, -0.05) is 23.2 Å². The molecule has 0 aromatic heterocycles. The molecular weight excluding hydrogens is 207 g/mol. The lowest BCUT2D eigenvalue weighted by Gasteiger charge is -2.05. The molecule has 1 unspecified atom stereocenters. The zero-order chi connectivity index (χ0) is 9.56. The highest BCUT2D eigenvalue weighted by Crippen LogP contribution is 2.05. The van der Waals surface area contributed by atoms with E-state index in [1.54, 1.807) is 0 Å². The lowest BCUT2D eigenvalue weighted by Crippen LogP contribution is -2.26. The standard InChI is InChI=1S/C6H8Cl2O4/c7-5(8)1-2-12-6(11)4(10)3-9/h1,4,9-10H,2-3H2. The first-order valence-electron chi connectivity index (χ1n) is 3.04. The molecule has 0 saturated carbocycles. The summed E-state index contributed by atoms with van der Waals surface area (Å²) in [5.74, 6) is -0.914. The highest BCUT2D eigenvalue weighted by Gasteiger charge is 2.13. The van der Waals surface area contributed by atoms with E-state index >= 15 is 0 Å². The van der Waals surface area contributed by atoms with Gasteiger partial charge in [-0.15, -0.1) is 0 Å². The Morgan fingerprint density at radius 3 is 2.58 bits per heavy atom.